The summed E-state index contributed by atoms with van der Waals surface area (Å²) in [6.45, 7) is 0. The van der Waals surface area contributed by atoms with E-state index in [9.17, 15) is 0 Å². The quantitative estimate of drug-likeness (QED) is 0.664. The Balaban J connectivity index is 2.31. The highest BCUT2D eigenvalue weighted by Gasteiger charge is 2.13. The first-order valence-electron chi connectivity index (χ1n) is 4.83. The van der Waals surface area contributed by atoms with E-state index in [0.717, 1.165) is 19.3 Å². The Morgan fingerprint density at radius 3 is 2.79 bits per heavy atom. The molecule has 0 N–H and O–H groups in total. The number of hydrogen-bond acceptors (Lipinski definition) is 0. The maximum atomic E-state index is 5.80. The number of benzene rings is 1. The zero-order chi connectivity index (χ0) is 9.97. The molecule has 0 saturated carbocycles. The fourth-order valence-corrected chi connectivity index (χ4v) is 2.26. The predicted molar refractivity (Wildman–Crippen MR) is 62.9 cm³/mol. The second kappa shape index (κ2) is 4.37. The van der Waals surface area contributed by atoms with Gasteiger partial charge in [-0.3, -0.25) is 0 Å². The summed E-state index contributed by atoms with van der Waals surface area (Å²) in [6.07, 6.45) is 5.24. The minimum Gasteiger partial charge on any atom is -0.105 e. The van der Waals surface area contributed by atoms with Crippen LogP contribution in [0.3, 0.4) is 0 Å². The van der Waals surface area contributed by atoms with Crippen LogP contribution < -0.4 is 0 Å². The zero-order valence-corrected chi connectivity index (χ0v) is 9.35. The third-order valence-electron chi connectivity index (χ3n) is 2.54. The summed E-state index contributed by atoms with van der Waals surface area (Å²) < 4.78 is 0. The molecule has 2 heteroatoms. The first-order valence-corrected chi connectivity index (χ1v) is 5.70. The van der Waals surface area contributed by atoms with Crippen LogP contribution in [-0.4, -0.2) is 4.84 Å². The van der Waals surface area contributed by atoms with E-state index in [1.54, 1.807) is 0 Å². The van der Waals surface area contributed by atoms with Gasteiger partial charge in [-0.15, -0.1) is 23.2 Å². The van der Waals surface area contributed by atoms with Crippen molar-refractivity contribution < 1.29 is 0 Å². The maximum absolute atomic E-state index is 5.80. The van der Waals surface area contributed by atoms with Crippen molar-refractivity contribution in [2.75, 3.05) is 0 Å². The molecule has 1 aliphatic carbocycles. The van der Waals surface area contributed by atoms with Gasteiger partial charge in [-0.05, 0) is 29.5 Å². The van der Waals surface area contributed by atoms with Gasteiger partial charge >= 0.3 is 0 Å². The Kier molecular flexibility index (Phi) is 3.15. The molecule has 0 amide bonds. The molecule has 0 radical (unpaired) electrons. The Hall–Kier alpha value is -0.460. The average molecular weight is 227 g/mol. The molecule has 0 heterocycles. The molecule has 2 rings (SSSR count). The van der Waals surface area contributed by atoms with Crippen molar-refractivity contribution in [3.05, 3.63) is 41.5 Å². The summed E-state index contributed by atoms with van der Waals surface area (Å²) in [5.41, 5.74) is 4.03. The average Bonchev–Trinajstić information content (AvgIpc) is 2.18. The standard InChI is InChI=1S/C12H12Cl2/c13-12(14)8-10-6-3-5-9-4-1-2-7-11(9)10/h1-2,4,6-7,12H,3,5,8H2. The van der Waals surface area contributed by atoms with Crippen LogP contribution in [0.25, 0.3) is 5.57 Å². The molecule has 0 bridgehead atoms. The molecule has 1 aromatic carbocycles. The van der Waals surface area contributed by atoms with Gasteiger partial charge in [-0.25, -0.2) is 0 Å². The van der Waals surface area contributed by atoms with Crippen molar-refractivity contribution in [3.8, 4) is 0 Å². The van der Waals surface area contributed by atoms with Gasteiger partial charge in [0.1, 0.15) is 4.84 Å². The predicted octanol–water partition coefficient (Wildman–Crippen LogP) is 4.21. The molecule has 1 aliphatic rings. The van der Waals surface area contributed by atoms with Crippen LogP contribution >= 0.6 is 23.2 Å². The van der Waals surface area contributed by atoms with E-state index in [2.05, 4.69) is 30.3 Å². The van der Waals surface area contributed by atoms with Crippen molar-refractivity contribution >= 4 is 28.8 Å². The SMILES string of the molecule is ClC(Cl)CC1=CCCc2ccccc21. The lowest BCUT2D eigenvalue weighted by Gasteiger charge is -2.17. The first-order chi connectivity index (χ1) is 6.77. The molecule has 0 aromatic heterocycles. The minimum atomic E-state index is -0.299. The van der Waals surface area contributed by atoms with Crippen LogP contribution in [0.15, 0.2) is 30.3 Å². The van der Waals surface area contributed by atoms with Crippen molar-refractivity contribution in [1.82, 2.24) is 0 Å². The summed E-state index contributed by atoms with van der Waals surface area (Å²) in [5, 5.41) is 0. The smallest absolute Gasteiger partial charge is 0.105 e. The summed E-state index contributed by atoms with van der Waals surface area (Å²) in [4.78, 5) is -0.299. The van der Waals surface area contributed by atoms with Gasteiger partial charge < -0.3 is 0 Å². The first kappa shape index (κ1) is 10.1. The summed E-state index contributed by atoms with van der Waals surface area (Å²) in [7, 11) is 0. The monoisotopic (exact) mass is 226 g/mol. The molecule has 1 aromatic rings. The van der Waals surface area contributed by atoms with Gasteiger partial charge in [0, 0.05) is 6.42 Å². The zero-order valence-electron chi connectivity index (χ0n) is 7.84. The van der Waals surface area contributed by atoms with Gasteiger partial charge in [0.15, 0.2) is 0 Å². The maximum Gasteiger partial charge on any atom is 0.111 e. The van der Waals surface area contributed by atoms with Gasteiger partial charge in [-0.2, -0.15) is 0 Å². The third kappa shape index (κ3) is 2.13. The molecular weight excluding hydrogens is 215 g/mol. The number of alkyl halides is 2. The lowest BCUT2D eigenvalue weighted by molar-refractivity contribution is 0.959. The molecule has 0 nitrogen and oxygen atoms in total. The lowest BCUT2D eigenvalue weighted by Crippen LogP contribution is -2.01. The molecule has 0 fully saturated rings. The van der Waals surface area contributed by atoms with Crippen LogP contribution in [0, 0.1) is 0 Å². The van der Waals surface area contributed by atoms with E-state index in [0.29, 0.717) is 0 Å². The topological polar surface area (TPSA) is 0 Å². The highest BCUT2D eigenvalue weighted by atomic mass is 35.5. The van der Waals surface area contributed by atoms with E-state index in [-0.39, 0.29) is 4.84 Å². The highest BCUT2D eigenvalue weighted by Crippen LogP contribution is 2.31. The summed E-state index contributed by atoms with van der Waals surface area (Å²) in [6, 6.07) is 8.48. The number of halogens is 2. The van der Waals surface area contributed by atoms with Crippen molar-refractivity contribution in [3.63, 3.8) is 0 Å². The second-order valence-electron chi connectivity index (χ2n) is 3.52. The van der Waals surface area contributed by atoms with Gasteiger partial charge in [-0.1, -0.05) is 30.3 Å². The normalized spacial score (nSPS) is 15.2. The molecule has 74 valence electrons. The van der Waals surface area contributed by atoms with Crippen LogP contribution in [0.2, 0.25) is 0 Å². The lowest BCUT2D eigenvalue weighted by atomic mass is 9.90. The Labute approximate surface area is 94.5 Å². The van der Waals surface area contributed by atoms with Crippen molar-refractivity contribution in [2.24, 2.45) is 0 Å². The van der Waals surface area contributed by atoms with Gasteiger partial charge in [0.2, 0.25) is 0 Å². The van der Waals surface area contributed by atoms with E-state index in [1.165, 1.54) is 16.7 Å². The minimum absolute atomic E-state index is 0.299. The third-order valence-corrected chi connectivity index (χ3v) is 2.85. The molecule has 0 aliphatic heterocycles. The van der Waals surface area contributed by atoms with Crippen LogP contribution in [0.5, 0.6) is 0 Å². The number of fused-ring (bicyclic) bond motifs is 1. The number of hydrogen-bond donors (Lipinski definition) is 0. The largest absolute Gasteiger partial charge is 0.111 e. The Morgan fingerprint density at radius 1 is 1.21 bits per heavy atom. The van der Waals surface area contributed by atoms with Gasteiger partial charge in [0.05, 0.1) is 0 Å². The number of aryl methyl sites for hydroxylation is 1. The van der Waals surface area contributed by atoms with Crippen molar-refractivity contribution in [1.29, 1.82) is 0 Å². The van der Waals surface area contributed by atoms with Crippen molar-refractivity contribution in [2.45, 2.75) is 24.1 Å². The van der Waals surface area contributed by atoms with E-state index in [4.69, 9.17) is 23.2 Å². The number of allylic oxidation sites excluding steroid dienone is 2. The fourth-order valence-electron chi connectivity index (χ4n) is 1.92. The van der Waals surface area contributed by atoms with Crippen LogP contribution in [-0.2, 0) is 6.42 Å². The molecular formula is C12H12Cl2. The van der Waals surface area contributed by atoms with Gasteiger partial charge in [0.25, 0.3) is 0 Å². The molecule has 0 atom stereocenters. The number of rotatable bonds is 2. The molecule has 0 spiro atoms. The summed E-state index contributed by atoms with van der Waals surface area (Å²) >= 11 is 11.6. The van der Waals surface area contributed by atoms with E-state index >= 15 is 0 Å². The Morgan fingerprint density at radius 2 is 2.00 bits per heavy atom. The van der Waals surface area contributed by atoms with E-state index < -0.39 is 0 Å². The fraction of sp³-hybridized carbons (Fsp3) is 0.333. The summed E-state index contributed by atoms with van der Waals surface area (Å²) in [5.74, 6) is 0. The van der Waals surface area contributed by atoms with Crippen LogP contribution in [0.4, 0.5) is 0 Å². The second-order valence-corrected chi connectivity index (χ2v) is 4.80. The molecule has 0 unspecified atom stereocenters. The molecule has 0 saturated heterocycles. The van der Waals surface area contributed by atoms with E-state index in [1.807, 2.05) is 0 Å². The van der Waals surface area contributed by atoms with Crippen LogP contribution in [0.1, 0.15) is 24.0 Å². The Bertz CT molecular complexity index is 353. The molecule has 14 heavy (non-hydrogen) atoms. The highest BCUT2D eigenvalue weighted by molar-refractivity contribution is 6.44.